The van der Waals surface area contributed by atoms with Crippen LogP contribution in [0.25, 0.3) is 0 Å². The summed E-state index contributed by atoms with van der Waals surface area (Å²) in [5.41, 5.74) is 6.46. The highest BCUT2D eigenvalue weighted by Gasteiger charge is 2.19. The molecule has 2 N–H and O–H groups in total. The summed E-state index contributed by atoms with van der Waals surface area (Å²) in [6, 6.07) is 4.68. The second-order valence-electron chi connectivity index (χ2n) is 4.34. The van der Waals surface area contributed by atoms with Crippen molar-refractivity contribution in [3.8, 4) is 0 Å². The number of rotatable bonds is 7. The monoisotopic (exact) mass is 314 g/mol. The van der Waals surface area contributed by atoms with Gasteiger partial charge in [0.1, 0.15) is 0 Å². The van der Waals surface area contributed by atoms with Gasteiger partial charge in [0.25, 0.3) is 5.91 Å². The van der Waals surface area contributed by atoms with Gasteiger partial charge in [-0.2, -0.15) is 0 Å². The SMILES string of the molecule is COCCN(CCC(=O)OC)C(=O)c1ccc(Cl)cc1N. The molecule has 0 bridgehead atoms. The summed E-state index contributed by atoms with van der Waals surface area (Å²) in [7, 11) is 2.85. The van der Waals surface area contributed by atoms with Crippen molar-refractivity contribution in [2.45, 2.75) is 6.42 Å². The van der Waals surface area contributed by atoms with E-state index < -0.39 is 0 Å². The van der Waals surface area contributed by atoms with Crippen LogP contribution in [0.15, 0.2) is 18.2 Å². The molecule has 21 heavy (non-hydrogen) atoms. The lowest BCUT2D eigenvalue weighted by atomic mass is 10.1. The minimum atomic E-state index is -0.380. The van der Waals surface area contributed by atoms with Gasteiger partial charge < -0.3 is 20.1 Å². The Bertz CT molecular complexity index is 508. The first-order chi connectivity index (χ1) is 9.99. The van der Waals surface area contributed by atoms with E-state index >= 15 is 0 Å². The van der Waals surface area contributed by atoms with Gasteiger partial charge in [0.05, 0.1) is 25.7 Å². The first-order valence-electron chi connectivity index (χ1n) is 6.39. The number of ether oxygens (including phenoxy) is 2. The smallest absolute Gasteiger partial charge is 0.307 e. The summed E-state index contributed by atoms with van der Waals surface area (Å²) in [6.45, 7) is 0.950. The van der Waals surface area contributed by atoms with Crippen molar-refractivity contribution >= 4 is 29.2 Å². The third-order valence-electron chi connectivity index (χ3n) is 2.91. The molecule has 0 unspecified atom stereocenters. The first kappa shape index (κ1) is 17.3. The molecule has 1 aromatic carbocycles. The number of nitrogens with zero attached hydrogens (tertiary/aromatic N) is 1. The second-order valence-corrected chi connectivity index (χ2v) is 4.78. The van der Waals surface area contributed by atoms with Crippen molar-refractivity contribution in [1.29, 1.82) is 0 Å². The Balaban J connectivity index is 2.85. The molecule has 0 saturated carbocycles. The maximum Gasteiger partial charge on any atom is 0.307 e. The molecular weight excluding hydrogens is 296 g/mol. The molecule has 0 spiro atoms. The van der Waals surface area contributed by atoms with Gasteiger partial charge in [0, 0.05) is 30.9 Å². The molecule has 0 fully saturated rings. The lowest BCUT2D eigenvalue weighted by molar-refractivity contribution is -0.140. The van der Waals surface area contributed by atoms with Gasteiger partial charge in [-0.1, -0.05) is 11.6 Å². The highest BCUT2D eigenvalue weighted by molar-refractivity contribution is 6.31. The van der Waals surface area contributed by atoms with Gasteiger partial charge in [-0.3, -0.25) is 9.59 Å². The maximum atomic E-state index is 12.5. The van der Waals surface area contributed by atoms with Crippen molar-refractivity contribution in [1.82, 2.24) is 4.90 Å². The number of hydrogen-bond donors (Lipinski definition) is 1. The zero-order valence-corrected chi connectivity index (χ0v) is 12.9. The third-order valence-corrected chi connectivity index (χ3v) is 3.15. The molecule has 1 amide bonds. The highest BCUT2D eigenvalue weighted by atomic mass is 35.5. The Morgan fingerprint density at radius 3 is 2.57 bits per heavy atom. The van der Waals surface area contributed by atoms with E-state index in [0.29, 0.717) is 29.4 Å². The van der Waals surface area contributed by atoms with E-state index in [9.17, 15) is 9.59 Å². The van der Waals surface area contributed by atoms with Crippen molar-refractivity contribution in [3.63, 3.8) is 0 Å². The number of carbonyl (C=O) groups is 2. The number of hydrogen-bond acceptors (Lipinski definition) is 5. The molecule has 0 aromatic heterocycles. The summed E-state index contributed by atoms with van der Waals surface area (Å²) in [5, 5.41) is 0.460. The van der Waals surface area contributed by atoms with Crippen LogP contribution >= 0.6 is 11.6 Å². The number of esters is 1. The third kappa shape index (κ3) is 5.24. The van der Waals surface area contributed by atoms with E-state index in [-0.39, 0.29) is 24.8 Å². The zero-order valence-electron chi connectivity index (χ0n) is 12.1. The van der Waals surface area contributed by atoms with Gasteiger partial charge >= 0.3 is 5.97 Å². The minimum absolute atomic E-state index is 0.111. The molecule has 1 aromatic rings. The molecule has 0 heterocycles. The average Bonchev–Trinajstić information content (AvgIpc) is 2.46. The summed E-state index contributed by atoms with van der Waals surface area (Å²) < 4.78 is 9.56. The number of anilines is 1. The fraction of sp³-hybridized carbons (Fsp3) is 0.429. The molecule has 0 atom stereocenters. The van der Waals surface area contributed by atoms with Crippen LogP contribution in [0.4, 0.5) is 5.69 Å². The second kappa shape index (κ2) is 8.49. The van der Waals surface area contributed by atoms with Gasteiger partial charge in [-0.25, -0.2) is 0 Å². The minimum Gasteiger partial charge on any atom is -0.469 e. The topological polar surface area (TPSA) is 81.9 Å². The zero-order chi connectivity index (χ0) is 15.8. The Morgan fingerprint density at radius 2 is 2.00 bits per heavy atom. The standard InChI is InChI=1S/C14H19ClN2O4/c1-20-8-7-17(6-5-13(18)21-2)14(19)11-4-3-10(15)9-12(11)16/h3-4,9H,5-8,16H2,1-2H3. The predicted octanol–water partition coefficient (Wildman–Crippen LogP) is 1.57. The lowest BCUT2D eigenvalue weighted by Crippen LogP contribution is -2.36. The number of amides is 1. The van der Waals surface area contributed by atoms with Crippen LogP contribution < -0.4 is 5.73 Å². The summed E-state index contributed by atoms with van der Waals surface area (Å²) >= 11 is 5.82. The van der Waals surface area contributed by atoms with Crippen molar-refractivity contribution in [2.75, 3.05) is 39.6 Å². The normalized spacial score (nSPS) is 10.2. The molecule has 0 aliphatic carbocycles. The number of nitrogens with two attached hydrogens (primary N) is 1. The highest BCUT2D eigenvalue weighted by Crippen LogP contribution is 2.19. The van der Waals surface area contributed by atoms with Gasteiger partial charge in [-0.15, -0.1) is 0 Å². The van der Waals surface area contributed by atoms with Crippen molar-refractivity contribution in [2.24, 2.45) is 0 Å². The van der Waals surface area contributed by atoms with Crippen LogP contribution in [0.3, 0.4) is 0 Å². The molecule has 0 saturated heterocycles. The predicted molar refractivity (Wildman–Crippen MR) is 80.3 cm³/mol. The van der Waals surface area contributed by atoms with Crippen molar-refractivity contribution in [3.05, 3.63) is 28.8 Å². The van der Waals surface area contributed by atoms with Gasteiger partial charge in [0.2, 0.25) is 0 Å². The van der Waals surface area contributed by atoms with Crippen LogP contribution in [-0.4, -0.2) is 50.7 Å². The molecule has 7 heteroatoms. The Labute approximate surface area is 128 Å². The van der Waals surface area contributed by atoms with Crippen LogP contribution in [-0.2, 0) is 14.3 Å². The van der Waals surface area contributed by atoms with E-state index in [2.05, 4.69) is 4.74 Å². The molecular formula is C14H19ClN2O4. The Hall–Kier alpha value is -1.79. The first-order valence-corrected chi connectivity index (χ1v) is 6.77. The average molecular weight is 315 g/mol. The molecule has 116 valence electrons. The quantitative estimate of drug-likeness (QED) is 0.610. The van der Waals surface area contributed by atoms with E-state index in [1.54, 1.807) is 19.2 Å². The van der Waals surface area contributed by atoms with Crippen LogP contribution in [0, 0.1) is 0 Å². The fourth-order valence-electron chi connectivity index (χ4n) is 1.74. The van der Waals surface area contributed by atoms with E-state index in [1.165, 1.54) is 18.1 Å². The molecule has 0 aliphatic rings. The largest absolute Gasteiger partial charge is 0.469 e. The molecule has 1 rings (SSSR count). The number of methoxy groups -OCH3 is 2. The summed E-state index contributed by atoms with van der Waals surface area (Å²) in [4.78, 5) is 25.2. The van der Waals surface area contributed by atoms with E-state index in [0.717, 1.165) is 0 Å². The Morgan fingerprint density at radius 1 is 1.29 bits per heavy atom. The Kier molecular flexibility index (Phi) is 6.98. The van der Waals surface area contributed by atoms with Crippen molar-refractivity contribution < 1.29 is 19.1 Å². The summed E-state index contributed by atoms with van der Waals surface area (Å²) in [6.07, 6.45) is 0.111. The van der Waals surface area contributed by atoms with Gasteiger partial charge in [-0.05, 0) is 18.2 Å². The number of carbonyl (C=O) groups excluding carboxylic acids is 2. The lowest BCUT2D eigenvalue weighted by Gasteiger charge is -2.22. The number of nitrogen functional groups attached to an aromatic ring is 1. The van der Waals surface area contributed by atoms with E-state index in [1.807, 2.05) is 0 Å². The number of benzene rings is 1. The molecule has 0 aliphatic heterocycles. The van der Waals surface area contributed by atoms with Gasteiger partial charge in [0.15, 0.2) is 0 Å². The van der Waals surface area contributed by atoms with Crippen LogP contribution in [0.2, 0.25) is 5.02 Å². The van der Waals surface area contributed by atoms with Crippen LogP contribution in [0.5, 0.6) is 0 Å². The molecule has 0 radical (unpaired) electrons. The maximum absolute atomic E-state index is 12.5. The number of halogens is 1. The van der Waals surface area contributed by atoms with Crippen LogP contribution in [0.1, 0.15) is 16.8 Å². The molecule has 6 nitrogen and oxygen atoms in total. The summed E-state index contributed by atoms with van der Waals surface area (Å²) in [5.74, 6) is -0.653. The fourth-order valence-corrected chi connectivity index (χ4v) is 1.92. The van der Waals surface area contributed by atoms with E-state index in [4.69, 9.17) is 22.1 Å².